The largest absolute Gasteiger partial charge is 0.386 e. The molecule has 1 N–H and O–H groups in total. The van der Waals surface area contributed by atoms with Gasteiger partial charge in [-0.2, -0.15) is 0 Å². The van der Waals surface area contributed by atoms with Crippen molar-refractivity contribution < 1.29 is 5.11 Å². The minimum absolute atomic E-state index is 0.395. The highest BCUT2D eigenvalue weighted by Gasteiger charge is 2.52. The van der Waals surface area contributed by atoms with E-state index in [2.05, 4.69) is 16.8 Å². The molecule has 2 fully saturated rings. The normalized spacial score (nSPS) is 24.1. The fraction of sp³-hybridized carbons (Fsp3) is 0.727. The highest BCUT2D eigenvalue weighted by atomic mass is 32.1. The van der Waals surface area contributed by atoms with Crippen molar-refractivity contribution in [2.24, 2.45) is 5.92 Å². The number of aliphatic hydroxyl groups is 1. The van der Waals surface area contributed by atoms with Gasteiger partial charge in [-0.15, -0.1) is 11.3 Å². The Hall–Kier alpha value is -0.610. The molecule has 1 aromatic heterocycles. The molecule has 2 heterocycles. The quantitative estimate of drug-likeness (QED) is 0.831. The number of hydrogen-bond donors (Lipinski definition) is 1. The molecule has 0 spiro atoms. The molecule has 82 valence electrons. The van der Waals surface area contributed by atoms with Crippen LogP contribution in [-0.2, 0) is 0 Å². The maximum atomic E-state index is 10.2. The molecule has 1 aliphatic carbocycles. The molecular formula is C11H16N2OS. The lowest BCUT2D eigenvalue weighted by atomic mass is 9.89. The Morgan fingerprint density at radius 3 is 2.53 bits per heavy atom. The number of hydrogen-bond acceptors (Lipinski definition) is 4. The molecule has 0 amide bonds. The van der Waals surface area contributed by atoms with Gasteiger partial charge in [-0.25, -0.2) is 4.98 Å². The van der Waals surface area contributed by atoms with Gasteiger partial charge >= 0.3 is 0 Å². The van der Waals surface area contributed by atoms with Crippen molar-refractivity contribution in [1.82, 2.24) is 4.98 Å². The molecule has 3 nitrogen and oxygen atoms in total. The third kappa shape index (κ3) is 1.47. The van der Waals surface area contributed by atoms with E-state index in [4.69, 9.17) is 0 Å². The van der Waals surface area contributed by atoms with Gasteiger partial charge in [-0.1, -0.05) is 0 Å². The molecule has 1 aromatic rings. The molecule has 15 heavy (non-hydrogen) atoms. The third-order valence-corrected chi connectivity index (χ3v) is 4.69. The summed E-state index contributed by atoms with van der Waals surface area (Å²) < 4.78 is 0. The molecule has 1 saturated carbocycles. The Morgan fingerprint density at radius 1 is 1.40 bits per heavy atom. The second-order valence-electron chi connectivity index (χ2n) is 4.87. The second kappa shape index (κ2) is 2.95. The lowest BCUT2D eigenvalue weighted by molar-refractivity contribution is -0.00932. The Bertz CT molecular complexity index is 372. The van der Waals surface area contributed by atoms with Gasteiger partial charge in [0.05, 0.1) is 18.8 Å². The van der Waals surface area contributed by atoms with E-state index in [9.17, 15) is 5.11 Å². The van der Waals surface area contributed by atoms with E-state index in [-0.39, 0.29) is 0 Å². The lowest BCUT2D eigenvalue weighted by Gasteiger charge is -2.46. The third-order valence-electron chi connectivity index (χ3n) is 3.55. The van der Waals surface area contributed by atoms with Gasteiger partial charge in [0.1, 0.15) is 5.60 Å². The zero-order chi connectivity index (χ0) is 10.6. The zero-order valence-corrected chi connectivity index (χ0v) is 9.97. The van der Waals surface area contributed by atoms with Crippen molar-refractivity contribution >= 4 is 16.5 Å². The van der Waals surface area contributed by atoms with Gasteiger partial charge in [0.2, 0.25) is 0 Å². The molecule has 0 atom stereocenters. The number of aryl methyl sites for hydroxylation is 2. The molecule has 0 radical (unpaired) electrons. The number of rotatable bonds is 2. The summed E-state index contributed by atoms with van der Waals surface area (Å²) >= 11 is 1.73. The van der Waals surface area contributed by atoms with Crippen molar-refractivity contribution in [3.63, 3.8) is 0 Å². The van der Waals surface area contributed by atoms with Crippen molar-refractivity contribution in [2.75, 3.05) is 18.0 Å². The summed E-state index contributed by atoms with van der Waals surface area (Å²) in [5.41, 5.74) is 0.727. The number of thiazole rings is 1. The fourth-order valence-electron chi connectivity index (χ4n) is 2.22. The molecule has 0 unspecified atom stereocenters. The average Bonchev–Trinajstić information content (AvgIpc) is 2.90. The van der Waals surface area contributed by atoms with Crippen molar-refractivity contribution in [1.29, 1.82) is 0 Å². The molecule has 1 saturated heterocycles. The summed E-state index contributed by atoms with van der Waals surface area (Å²) in [4.78, 5) is 7.99. The summed E-state index contributed by atoms with van der Waals surface area (Å²) in [6.45, 7) is 5.71. The Labute approximate surface area is 93.8 Å². The molecular weight excluding hydrogens is 208 g/mol. The molecule has 0 bridgehead atoms. The number of anilines is 1. The lowest BCUT2D eigenvalue weighted by Crippen LogP contribution is -2.63. The van der Waals surface area contributed by atoms with Crippen LogP contribution in [0.5, 0.6) is 0 Å². The van der Waals surface area contributed by atoms with E-state index in [1.807, 2.05) is 6.92 Å². The maximum Gasteiger partial charge on any atom is 0.185 e. The average molecular weight is 224 g/mol. The summed E-state index contributed by atoms with van der Waals surface area (Å²) in [6.07, 6.45) is 2.42. The SMILES string of the molecule is Cc1nc(N2CC(O)(C3CC3)C2)sc1C. The Balaban J connectivity index is 1.71. The van der Waals surface area contributed by atoms with Gasteiger partial charge in [0, 0.05) is 4.88 Å². The summed E-state index contributed by atoms with van der Waals surface area (Å²) in [5.74, 6) is 0.566. The van der Waals surface area contributed by atoms with Gasteiger partial charge < -0.3 is 10.0 Å². The van der Waals surface area contributed by atoms with E-state index in [1.54, 1.807) is 11.3 Å². The van der Waals surface area contributed by atoms with Crippen LogP contribution < -0.4 is 4.90 Å². The van der Waals surface area contributed by atoms with Gasteiger partial charge in [0.25, 0.3) is 0 Å². The van der Waals surface area contributed by atoms with Gasteiger partial charge in [0.15, 0.2) is 5.13 Å². The standard InChI is InChI=1S/C11H16N2OS/c1-7-8(2)15-10(12-7)13-5-11(14,6-13)9-3-4-9/h9,14H,3-6H2,1-2H3. The summed E-state index contributed by atoms with van der Waals surface area (Å²) in [5, 5.41) is 11.3. The summed E-state index contributed by atoms with van der Waals surface area (Å²) in [6, 6.07) is 0. The van der Waals surface area contributed by atoms with Gasteiger partial charge in [-0.3, -0.25) is 0 Å². The van der Waals surface area contributed by atoms with Crippen LogP contribution in [0, 0.1) is 19.8 Å². The monoisotopic (exact) mass is 224 g/mol. The first kappa shape index (κ1) is 9.60. The first-order chi connectivity index (χ1) is 7.08. The predicted octanol–water partition coefficient (Wildman–Crippen LogP) is 1.72. The predicted molar refractivity (Wildman–Crippen MR) is 61.5 cm³/mol. The fourth-order valence-corrected chi connectivity index (χ4v) is 3.13. The second-order valence-corrected chi connectivity index (χ2v) is 6.05. The highest BCUT2D eigenvalue weighted by molar-refractivity contribution is 7.15. The number of nitrogens with zero attached hydrogens (tertiary/aromatic N) is 2. The van der Waals surface area contributed by atoms with Crippen molar-refractivity contribution in [2.45, 2.75) is 32.3 Å². The minimum atomic E-state index is -0.395. The van der Waals surface area contributed by atoms with E-state index in [0.29, 0.717) is 5.92 Å². The van der Waals surface area contributed by atoms with E-state index in [0.717, 1.165) is 23.9 Å². The van der Waals surface area contributed by atoms with E-state index in [1.165, 1.54) is 17.7 Å². The molecule has 1 aliphatic heterocycles. The minimum Gasteiger partial charge on any atom is -0.386 e. The molecule has 0 aromatic carbocycles. The van der Waals surface area contributed by atoms with Crippen LogP contribution in [0.3, 0.4) is 0 Å². The van der Waals surface area contributed by atoms with E-state index >= 15 is 0 Å². The first-order valence-electron chi connectivity index (χ1n) is 5.50. The highest BCUT2D eigenvalue weighted by Crippen LogP contribution is 2.46. The van der Waals surface area contributed by atoms with Crippen LogP contribution in [-0.4, -0.2) is 28.8 Å². The van der Waals surface area contributed by atoms with Crippen LogP contribution in [0.1, 0.15) is 23.4 Å². The number of aromatic nitrogens is 1. The van der Waals surface area contributed by atoms with E-state index < -0.39 is 5.60 Å². The number of β-amino-alcohol motifs (C(OH)–C–C–N with tert-alkyl or cyclic N) is 1. The smallest absolute Gasteiger partial charge is 0.185 e. The van der Waals surface area contributed by atoms with Gasteiger partial charge in [-0.05, 0) is 32.6 Å². The molecule has 2 aliphatic rings. The van der Waals surface area contributed by atoms with Crippen LogP contribution in [0.15, 0.2) is 0 Å². The summed E-state index contributed by atoms with van der Waals surface area (Å²) in [7, 11) is 0. The van der Waals surface area contributed by atoms with Crippen LogP contribution >= 0.6 is 11.3 Å². The molecule has 4 heteroatoms. The van der Waals surface area contributed by atoms with Crippen LogP contribution in [0.25, 0.3) is 0 Å². The van der Waals surface area contributed by atoms with Crippen LogP contribution in [0.4, 0.5) is 5.13 Å². The Morgan fingerprint density at radius 2 is 2.07 bits per heavy atom. The Kier molecular flexibility index (Phi) is 1.89. The van der Waals surface area contributed by atoms with Crippen LogP contribution in [0.2, 0.25) is 0 Å². The molecule has 3 rings (SSSR count). The maximum absolute atomic E-state index is 10.2. The topological polar surface area (TPSA) is 36.4 Å². The first-order valence-corrected chi connectivity index (χ1v) is 6.31. The zero-order valence-electron chi connectivity index (χ0n) is 9.16. The van der Waals surface area contributed by atoms with Crippen molar-refractivity contribution in [3.8, 4) is 0 Å². The van der Waals surface area contributed by atoms with Crippen molar-refractivity contribution in [3.05, 3.63) is 10.6 Å².